The van der Waals surface area contributed by atoms with E-state index in [9.17, 15) is 4.79 Å². The number of aliphatic hydroxyl groups is 1. The van der Waals surface area contributed by atoms with Gasteiger partial charge in [-0.15, -0.1) is 5.10 Å². The molecule has 1 aromatic heterocycles. The van der Waals surface area contributed by atoms with Crippen molar-refractivity contribution in [3.05, 3.63) is 40.5 Å². The Labute approximate surface area is 118 Å². The standard InChI is InChI=1S/C12H8ClN3O2S/c13-10-6-9(4-3-8(10)2-1-5-17)12(18)15-11-7-14-16-19-11/h3-4,6-7,17H,5H2,(H,15,18). The van der Waals surface area contributed by atoms with Crippen LogP contribution in [0.4, 0.5) is 5.00 Å². The molecule has 2 rings (SSSR count). The van der Waals surface area contributed by atoms with E-state index in [1.165, 1.54) is 12.3 Å². The van der Waals surface area contributed by atoms with Gasteiger partial charge in [-0.05, 0) is 18.2 Å². The molecule has 0 saturated carbocycles. The molecule has 0 radical (unpaired) electrons. The molecule has 5 nitrogen and oxygen atoms in total. The second-order valence-corrected chi connectivity index (χ2v) is 4.58. The fraction of sp³-hybridized carbons (Fsp3) is 0.0833. The molecule has 7 heteroatoms. The molecule has 0 spiro atoms. The van der Waals surface area contributed by atoms with Crippen molar-refractivity contribution in [1.82, 2.24) is 9.59 Å². The molecule has 0 aliphatic carbocycles. The number of hydrogen-bond donors (Lipinski definition) is 2. The van der Waals surface area contributed by atoms with Crippen molar-refractivity contribution >= 4 is 34.0 Å². The van der Waals surface area contributed by atoms with E-state index in [4.69, 9.17) is 16.7 Å². The molecular formula is C12H8ClN3O2S. The summed E-state index contributed by atoms with van der Waals surface area (Å²) < 4.78 is 3.64. The molecule has 0 aliphatic rings. The van der Waals surface area contributed by atoms with Crippen LogP contribution in [0.1, 0.15) is 15.9 Å². The van der Waals surface area contributed by atoms with Crippen molar-refractivity contribution in [3.8, 4) is 11.8 Å². The predicted molar refractivity (Wildman–Crippen MR) is 73.3 cm³/mol. The van der Waals surface area contributed by atoms with Crippen molar-refractivity contribution in [2.45, 2.75) is 0 Å². The zero-order valence-electron chi connectivity index (χ0n) is 9.55. The molecule has 0 bridgehead atoms. The molecule has 0 fully saturated rings. The molecule has 0 aliphatic heterocycles. The third-order valence-corrected chi connectivity index (χ3v) is 3.02. The van der Waals surface area contributed by atoms with Crippen LogP contribution < -0.4 is 5.32 Å². The summed E-state index contributed by atoms with van der Waals surface area (Å²) in [7, 11) is 0. The maximum Gasteiger partial charge on any atom is 0.256 e. The lowest BCUT2D eigenvalue weighted by Gasteiger charge is -2.03. The minimum atomic E-state index is -0.297. The van der Waals surface area contributed by atoms with Crippen LogP contribution in [-0.4, -0.2) is 27.2 Å². The highest BCUT2D eigenvalue weighted by atomic mass is 35.5. The van der Waals surface area contributed by atoms with E-state index in [-0.39, 0.29) is 12.5 Å². The fourth-order valence-electron chi connectivity index (χ4n) is 1.30. The number of amides is 1. The van der Waals surface area contributed by atoms with Crippen LogP contribution in [-0.2, 0) is 0 Å². The van der Waals surface area contributed by atoms with Crippen molar-refractivity contribution in [3.63, 3.8) is 0 Å². The Balaban J connectivity index is 2.17. The number of nitrogens with zero attached hydrogens (tertiary/aromatic N) is 2. The molecule has 0 saturated heterocycles. The Hall–Kier alpha value is -1.94. The third-order valence-electron chi connectivity index (χ3n) is 2.13. The lowest BCUT2D eigenvalue weighted by atomic mass is 10.1. The van der Waals surface area contributed by atoms with E-state index >= 15 is 0 Å². The van der Waals surface area contributed by atoms with Crippen LogP contribution in [0.5, 0.6) is 0 Å². The van der Waals surface area contributed by atoms with Gasteiger partial charge < -0.3 is 10.4 Å². The zero-order valence-corrected chi connectivity index (χ0v) is 11.1. The number of anilines is 1. The van der Waals surface area contributed by atoms with E-state index in [2.05, 4.69) is 26.7 Å². The van der Waals surface area contributed by atoms with Crippen LogP contribution in [0.3, 0.4) is 0 Å². The first-order valence-corrected chi connectivity index (χ1v) is 6.34. The fourth-order valence-corrected chi connectivity index (χ4v) is 1.94. The Bertz CT molecular complexity index is 647. The lowest BCUT2D eigenvalue weighted by Crippen LogP contribution is -2.10. The first-order chi connectivity index (χ1) is 9.20. The smallest absolute Gasteiger partial charge is 0.256 e. The molecule has 1 aromatic carbocycles. The van der Waals surface area contributed by atoms with E-state index < -0.39 is 0 Å². The van der Waals surface area contributed by atoms with Gasteiger partial charge in [0.2, 0.25) is 0 Å². The summed E-state index contributed by atoms with van der Waals surface area (Å²) in [5.74, 6) is 4.89. The Morgan fingerprint density at radius 2 is 2.37 bits per heavy atom. The number of aliphatic hydroxyl groups excluding tert-OH is 1. The number of carbonyl (C=O) groups is 1. The molecule has 2 aromatic rings. The van der Waals surface area contributed by atoms with Crippen molar-refractivity contribution < 1.29 is 9.90 Å². The Kier molecular flexibility index (Phi) is 4.47. The lowest BCUT2D eigenvalue weighted by molar-refractivity contribution is 0.102. The van der Waals surface area contributed by atoms with Gasteiger partial charge in [-0.1, -0.05) is 27.9 Å². The van der Waals surface area contributed by atoms with Crippen LogP contribution in [0.15, 0.2) is 24.4 Å². The highest BCUT2D eigenvalue weighted by Gasteiger charge is 2.09. The van der Waals surface area contributed by atoms with E-state index in [0.717, 1.165) is 11.5 Å². The summed E-state index contributed by atoms with van der Waals surface area (Å²) in [6.07, 6.45) is 1.46. The number of benzene rings is 1. The molecular weight excluding hydrogens is 286 g/mol. The molecule has 0 unspecified atom stereocenters. The van der Waals surface area contributed by atoms with Gasteiger partial charge in [0.05, 0.1) is 11.2 Å². The van der Waals surface area contributed by atoms with Gasteiger partial charge in [-0.3, -0.25) is 4.79 Å². The minimum absolute atomic E-state index is 0.239. The van der Waals surface area contributed by atoms with Gasteiger partial charge >= 0.3 is 0 Å². The third kappa shape index (κ3) is 3.51. The van der Waals surface area contributed by atoms with Gasteiger partial charge in [-0.2, -0.15) is 0 Å². The predicted octanol–water partition coefficient (Wildman–Crippen LogP) is 1.79. The molecule has 96 valence electrons. The van der Waals surface area contributed by atoms with Gasteiger partial charge in [0.25, 0.3) is 5.91 Å². The van der Waals surface area contributed by atoms with E-state index in [1.54, 1.807) is 12.1 Å². The SMILES string of the molecule is O=C(Nc1cnns1)c1ccc(C#CCO)c(Cl)c1. The van der Waals surface area contributed by atoms with Gasteiger partial charge in [0, 0.05) is 22.7 Å². The van der Waals surface area contributed by atoms with Gasteiger partial charge in [-0.25, -0.2) is 0 Å². The summed E-state index contributed by atoms with van der Waals surface area (Å²) in [6, 6.07) is 4.76. The highest BCUT2D eigenvalue weighted by Crippen LogP contribution is 2.18. The summed E-state index contributed by atoms with van der Waals surface area (Å²) in [5.41, 5.74) is 0.972. The molecule has 1 amide bonds. The largest absolute Gasteiger partial charge is 0.384 e. The zero-order chi connectivity index (χ0) is 13.7. The summed E-state index contributed by atoms with van der Waals surface area (Å²) in [4.78, 5) is 11.9. The maximum atomic E-state index is 11.9. The van der Waals surface area contributed by atoms with Crippen molar-refractivity contribution in [2.75, 3.05) is 11.9 Å². The molecule has 2 N–H and O–H groups in total. The summed E-state index contributed by atoms with van der Waals surface area (Å²) >= 11 is 7.09. The number of halogens is 1. The minimum Gasteiger partial charge on any atom is -0.384 e. The second-order valence-electron chi connectivity index (χ2n) is 3.39. The molecule has 0 atom stereocenters. The van der Waals surface area contributed by atoms with Gasteiger partial charge in [0.1, 0.15) is 11.6 Å². The number of nitrogens with one attached hydrogen (secondary N) is 1. The second kappa shape index (κ2) is 6.29. The van der Waals surface area contributed by atoms with Crippen LogP contribution in [0.25, 0.3) is 0 Å². The van der Waals surface area contributed by atoms with E-state index in [0.29, 0.717) is 21.2 Å². The Morgan fingerprint density at radius 1 is 1.53 bits per heavy atom. The monoisotopic (exact) mass is 293 g/mol. The normalized spacial score (nSPS) is 9.58. The number of carbonyl (C=O) groups excluding carboxylic acids is 1. The maximum absolute atomic E-state index is 11.9. The molecule has 19 heavy (non-hydrogen) atoms. The first-order valence-electron chi connectivity index (χ1n) is 5.18. The highest BCUT2D eigenvalue weighted by molar-refractivity contribution is 7.10. The average molecular weight is 294 g/mol. The number of aromatic nitrogens is 2. The van der Waals surface area contributed by atoms with Crippen LogP contribution in [0.2, 0.25) is 5.02 Å². The quantitative estimate of drug-likeness (QED) is 0.828. The Morgan fingerprint density at radius 3 is 3.00 bits per heavy atom. The summed E-state index contributed by atoms with van der Waals surface area (Å²) in [5, 5.41) is 15.8. The van der Waals surface area contributed by atoms with Gasteiger partial charge in [0.15, 0.2) is 0 Å². The van der Waals surface area contributed by atoms with Crippen molar-refractivity contribution in [2.24, 2.45) is 0 Å². The average Bonchev–Trinajstić information content (AvgIpc) is 2.90. The van der Waals surface area contributed by atoms with Crippen molar-refractivity contribution in [1.29, 1.82) is 0 Å². The molecule has 1 heterocycles. The van der Waals surface area contributed by atoms with Crippen LogP contribution in [0, 0.1) is 11.8 Å². The topological polar surface area (TPSA) is 75.1 Å². The summed E-state index contributed by atoms with van der Waals surface area (Å²) in [6.45, 7) is -0.239. The van der Waals surface area contributed by atoms with Crippen LogP contribution >= 0.6 is 23.1 Å². The van der Waals surface area contributed by atoms with E-state index in [1.807, 2.05) is 0 Å². The first kappa shape index (κ1) is 13.5. The number of hydrogen-bond acceptors (Lipinski definition) is 5. The number of rotatable bonds is 2.